The highest BCUT2D eigenvalue weighted by molar-refractivity contribution is 5.65. The van der Waals surface area contributed by atoms with Gasteiger partial charge in [-0.15, -0.1) is 0 Å². The van der Waals surface area contributed by atoms with Crippen LogP contribution in [0.4, 0.5) is 11.4 Å². The number of nitrogens with one attached hydrogen (secondary N) is 1. The highest BCUT2D eigenvalue weighted by Crippen LogP contribution is 2.48. The first-order chi connectivity index (χ1) is 14.0. The Morgan fingerprint density at radius 2 is 1.93 bits per heavy atom. The van der Waals surface area contributed by atoms with Crippen LogP contribution in [0.5, 0.6) is 5.75 Å². The summed E-state index contributed by atoms with van der Waals surface area (Å²) >= 11 is 0. The number of benzene rings is 2. The van der Waals surface area contributed by atoms with Crippen LogP contribution < -0.4 is 15.8 Å². The van der Waals surface area contributed by atoms with Crippen LogP contribution in [0, 0.1) is 10.1 Å². The van der Waals surface area contributed by atoms with Gasteiger partial charge >= 0.3 is 0 Å². The summed E-state index contributed by atoms with van der Waals surface area (Å²) < 4.78 is 6.26. The molecule has 0 aromatic heterocycles. The Kier molecular flexibility index (Phi) is 5.43. The number of rotatable bonds is 5. The van der Waals surface area contributed by atoms with E-state index in [1.807, 2.05) is 18.2 Å². The van der Waals surface area contributed by atoms with Gasteiger partial charge in [0.25, 0.3) is 5.69 Å². The Morgan fingerprint density at radius 1 is 1.21 bits per heavy atom. The SMILES string of the molecule is Nc1cc2c(cc1[N+](=O)[O-])OC1(CCCCC1)C(O)C2NCCc1ccccc1. The van der Waals surface area contributed by atoms with Crippen molar-refractivity contribution in [3.05, 3.63) is 63.7 Å². The molecule has 1 aliphatic heterocycles. The molecule has 2 aromatic rings. The van der Waals surface area contributed by atoms with Crippen molar-refractivity contribution in [3.8, 4) is 5.75 Å². The average molecular weight is 397 g/mol. The van der Waals surface area contributed by atoms with Crippen molar-refractivity contribution >= 4 is 11.4 Å². The van der Waals surface area contributed by atoms with Crippen molar-refractivity contribution in [2.24, 2.45) is 0 Å². The van der Waals surface area contributed by atoms with E-state index in [-0.39, 0.29) is 17.4 Å². The number of nitrogens with two attached hydrogens (primary N) is 1. The molecule has 0 amide bonds. The van der Waals surface area contributed by atoms with Gasteiger partial charge in [-0.2, -0.15) is 0 Å². The van der Waals surface area contributed by atoms with E-state index in [1.165, 1.54) is 11.6 Å². The molecule has 0 bridgehead atoms. The van der Waals surface area contributed by atoms with Crippen LogP contribution in [-0.4, -0.2) is 28.3 Å². The molecular formula is C22H27N3O4. The summed E-state index contributed by atoms with van der Waals surface area (Å²) in [5.74, 6) is 0.454. The third-order valence-corrected chi connectivity index (χ3v) is 6.18. The van der Waals surface area contributed by atoms with Gasteiger partial charge in [-0.3, -0.25) is 10.1 Å². The van der Waals surface area contributed by atoms with Gasteiger partial charge in [0.1, 0.15) is 23.1 Å². The third-order valence-electron chi connectivity index (χ3n) is 6.18. The molecule has 0 radical (unpaired) electrons. The summed E-state index contributed by atoms with van der Waals surface area (Å²) in [5.41, 5.74) is 7.04. The molecule has 1 spiro atoms. The summed E-state index contributed by atoms with van der Waals surface area (Å²) in [7, 11) is 0. The first-order valence-electron chi connectivity index (χ1n) is 10.2. The molecule has 1 saturated carbocycles. The minimum Gasteiger partial charge on any atom is -0.484 e. The zero-order valence-corrected chi connectivity index (χ0v) is 16.3. The van der Waals surface area contributed by atoms with E-state index < -0.39 is 16.6 Å². The number of nitro groups is 1. The van der Waals surface area contributed by atoms with Crippen LogP contribution in [0.15, 0.2) is 42.5 Å². The fourth-order valence-electron chi connectivity index (χ4n) is 4.63. The Bertz CT molecular complexity index is 881. The van der Waals surface area contributed by atoms with E-state index in [2.05, 4.69) is 17.4 Å². The van der Waals surface area contributed by atoms with Crippen molar-refractivity contribution in [1.29, 1.82) is 0 Å². The zero-order chi connectivity index (χ0) is 20.4. The van der Waals surface area contributed by atoms with Crippen LogP contribution in [0.1, 0.15) is 49.3 Å². The molecule has 2 aromatic carbocycles. The Labute approximate surface area is 170 Å². The quantitative estimate of drug-likeness (QED) is 0.404. The highest BCUT2D eigenvalue weighted by Gasteiger charge is 2.50. The lowest BCUT2D eigenvalue weighted by Crippen LogP contribution is -2.57. The minimum absolute atomic E-state index is 0.0824. The van der Waals surface area contributed by atoms with Crippen molar-refractivity contribution in [1.82, 2.24) is 5.32 Å². The van der Waals surface area contributed by atoms with E-state index in [0.29, 0.717) is 17.9 Å². The Balaban J connectivity index is 1.64. The van der Waals surface area contributed by atoms with E-state index in [4.69, 9.17) is 10.5 Å². The molecule has 7 nitrogen and oxygen atoms in total. The number of aliphatic hydroxyl groups is 1. The summed E-state index contributed by atoms with van der Waals surface area (Å²) in [6.45, 7) is 0.665. The number of anilines is 1. The number of hydrogen-bond acceptors (Lipinski definition) is 6. The maximum absolute atomic E-state index is 11.4. The second-order valence-electron chi connectivity index (χ2n) is 8.05. The molecule has 154 valence electrons. The van der Waals surface area contributed by atoms with Gasteiger partial charge in [-0.25, -0.2) is 0 Å². The molecule has 4 rings (SSSR count). The van der Waals surface area contributed by atoms with Gasteiger partial charge in [0.05, 0.1) is 17.0 Å². The maximum atomic E-state index is 11.4. The third kappa shape index (κ3) is 3.80. The summed E-state index contributed by atoms with van der Waals surface area (Å²) in [6, 6.07) is 12.7. The lowest BCUT2D eigenvalue weighted by molar-refractivity contribution is -0.384. The fourth-order valence-corrected chi connectivity index (χ4v) is 4.63. The number of hydrogen-bond donors (Lipinski definition) is 3. The van der Waals surface area contributed by atoms with Gasteiger partial charge in [0, 0.05) is 5.56 Å². The van der Waals surface area contributed by atoms with Crippen molar-refractivity contribution in [2.75, 3.05) is 12.3 Å². The largest absolute Gasteiger partial charge is 0.484 e. The maximum Gasteiger partial charge on any atom is 0.295 e. The monoisotopic (exact) mass is 397 g/mol. The molecular weight excluding hydrogens is 370 g/mol. The Morgan fingerprint density at radius 3 is 2.62 bits per heavy atom. The molecule has 2 atom stereocenters. The zero-order valence-electron chi connectivity index (χ0n) is 16.3. The molecule has 2 aliphatic rings. The second-order valence-corrected chi connectivity index (χ2v) is 8.05. The molecule has 29 heavy (non-hydrogen) atoms. The number of nitrogens with zero attached hydrogens (tertiary/aromatic N) is 1. The molecule has 4 N–H and O–H groups in total. The molecule has 1 aliphatic carbocycles. The van der Waals surface area contributed by atoms with Gasteiger partial charge < -0.3 is 20.9 Å². The number of nitrogen functional groups attached to an aromatic ring is 1. The number of aliphatic hydroxyl groups excluding tert-OH is 1. The summed E-state index contributed by atoms with van der Waals surface area (Å²) in [5, 5.41) is 26.1. The van der Waals surface area contributed by atoms with Gasteiger partial charge in [-0.1, -0.05) is 36.8 Å². The van der Waals surface area contributed by atoms with E-state index in [9.17, 15) is 15.2 Å². The van der Waals surface area contributed by atoms with Crippen molar-refractivity contribution in [3.63, 3.8) is 0 Å². The Hall–Kier alpha value is -2.64. The average Bonchev–Trinajstić information content (AvgIpc) is 2.72. The smallest absolute Gasteiger partial charge is 0.295 e. The number of fused-ring (bicyclic) bond motifs is 1. The number of ether oxygens (including phenoxy) is 1. The second kappa shape index (κ2) is 8.00. The lowest BCUT2D eigenvalue weighted by Gasteiger charge is -2.48. The first kappa shape index (κ1) is 19.7. The van der Waals surface area contributed by atoms with Crippen molar-refractivity contribution < 1.29 is 14.8 Å². The van der Waals surface area contributed by atoms with E-state index in [0.717, 1.165) is 38.5 Å². The van der Waals surface area contributed by atoms with Gasteiger partial charge in [0.15, 0.2) is 0 Å². The van der Waals surface area contributed by atoms with Gasteiger partial charge in [0.2, 0.25) is 0 Å². The summed E-state index contributed by atoms with van der Waals surface area (Å²) in [4.78, 5) is 10.9. The number of nitro benzene ring substituents is 1. The van der Waals surface area contributed by atoms with Gasteiger partial charge in [-0.05, 0) is 50.3 Å². The van der Waals surface area contributed by atoms with E-state index >= 15 is 0 Å². The molecule has 1 fully saturated rings. The predicted molar refractivity (Wildman–Crippen MR) is 111 cm³/mol. The van der Waals surface area contributed by atoms with Crippen LogP contribution in [0.25, 0.3) is 0 Å². The summed E-state index contributed by atoms with van der Waals surface area (Å²) in [6.07, 6.45) is 4.60. The molecule has 7 heteroatoms. The first-order valence-corrected chi connectivity index (χ1v) is 10.2. The van der Waals surface area contributed by atoms with Crippen LogP contribution >= 0.6 is 0 Å². The van der Waals surface area contributed by atoms with E-state index in [1.54, 1.807) is 6.07 Å². The van der Waals surface area contributed by atoms with Crippen LogP contribution in [-0.2, 0) is 6.42 Å². The van der Waals surface area contributed by atoms with Crippen LogP contribution in [0.2, 0.25) is 0 Å². The fraction of sp³-hybridized carbons (Fsp3) is 0.455. The minimum atomic E-state index is -0.744. The molecule has 0 saturated heterocycles. The predicted octanol–water partition coefficient (Wildman–Crippen LogP) is 3.51. The molecule has 2 unspecified atom stereocenters. The van der Waals surface area contributed by atoms with Crippen LogP contribution in [0.3, 0.4) is 0 Å². The highest BCUT2D eigenvalue weighted by atomic mass is 16.6. The topological polar surface area (TPSA) is 111 Å². The standard InChI is InChI=1S/C22H27N3O4/c23-17-13-16-19(14-18(17)25(27)28)29-22(10-5-2-6-11-22)21(26)20(16)24-12-9-15-7-3-1-4-8-15/h1,3-4,7-8,13-14,20-21,24,26H,2,5-6,9-12,23H2. The normalized spacial score (nSPS) is 22.7. The van der Waals surface area contributed by atoms with Crippen molar-refractivity contribution in [2.45, 2.75) is 56.3 Å². The molecule has 1 heterocycles. The lowest BCUT2D eigenvalue weighted by atomic mass is 9.74.